The van der Waals surface area contributed by atoms with Gasteiger partial charge in [0.2, 0.25) is 5.91 Å². The van der Waals surface area contributed by atoms with Gasteiger partial charge in [0.25, 0.3) is 0 Å². The van der Waals surface area contributed by atoms with Crippen molar-refractivity contribution >= 4 is 5.91 Å². The first-order valence-corrected chi connectivity index (χ1v) is 6.14. The number of rotatable bonds is 5. The van der Waals surface area contributed by atoms with E-state index < -0.39 is 0 Å². The molecule has 1 N–H and O–H groups in total. The summed E-state index contributed by atoms with van der Waals surface area (Å²) in [6.45, 7) is 18.4. The molecule has 0 saturated heterocycles. The van der Waals surface area contributed by atoms with Crippen LogP contribution in [0.15, 0.2) is 12.2 Å². The third-order valence-electron chi connectivity index (χ3n) is 3.58. The van der Waals surface area contributed by atoms with Gasteiger partial charge < -0.3 is 5.32 Å². The molecular formula is C14H27NO. The molecule has 0 aromatic heterocycles. The van der Waals surface area contributed by atoms with Gasteiger partial charge in [0.15, 0.2) is 0 Å². The molecule has 94 valence electrons. The van der Waals surface area contributed by atoms with Crippen molar-refractivity contribution in [1.82, 2.24) is 5.32 Å². The van der Waals surface area contributed by atoms with Crippen molar-refractivity contribution in [2.45, 2.75) is 54.0 Å². The summed E-state index contributed by atoms with van der Waals surface area (Å²) >= 11 is 0. The molecule has 0 aliphatic carbocycles. The maximum atomic E-state index is 11.9. The molecule has 1 amide bonds. The van der Waals surface area contributed by atoms with E-state index in [1.807, 2.05) is 0 Å². The molecule has 0 aromatic rings. The maximum Gasteiger partial charge on any atom is 0.246 e. The van der Waals surface area contributed by atoms with Crippen molar-refractivity contribution in [2.24, 2.45) is 17.8 Å². The van der Waals surface area contributed by atoms with Crippen LogP contribution >= 0.6 is 0 Å². The Hall–Kier alpha value is -0.790. The van der Waals surface area contributed by atoms with E-state index in [1.165, 1.54) is 0 Å². The van der Waals surface area contributed by atoms with E-state index in [-0.39, 0.29) is 11.4 Å². The summed E-state index contributed by atoms with van der Waals surface area (Å²) in [6.07, 6.45) is 0. The van der Waals surface area contributed by atoms with Crippen LogP contribution in [-0.2, 0) is 4.79 Å². The lowest BCUT2D eigenvalue weighted by Crippen LogP contribution is -2.59. The molecule has 2 nitrogen and oxygen atoms in total. The number of hydrogen-bond acceptors (Lipinski definition) is 1. The van der Waals surface area contributed by atoms with Gasteiger partial charge in [-0.15, -0.1) is 0 Å². The highest BCUT2D eigenvalue weighted by Crippen LogP contribution is 2.33. The first-order valence-electron chi connectivity index (χ1n) is 6.14. The van der Waals surface area contributed by atoms with E-state index in [9.17, 15) is 4.79 Å². The van der Waals surface area contributed by atoms with Crippen molar-refractivity contribution in [3.05, 3.63) is 12.2 Å². The second-order valence-electron chi connectivity index (χ2n) is 5.63. The predicted molar refractivity (Wildman–Crippen MR) is 70.2 cm³/mol. The second kappa shape index (κ2) is 5.51. The molecule has 16 heavy (non-hydrogen) atoms. The van der Waals surface area contributed by atoms with Crippen LogP contribution in [0.3, 0.4) is 0 Å². The third-order valence-corrected chi connectivity index (χ3v) is 3.58. The Bertz CT molecular complexity index is 242. The molecule has 0 saturated carbocycles. The summed E-state index contributed by atoms with van der Waals surface area (Å²) in [5.41, 5.74) is 0.419. The van der Waals surface area contributed by atoms with Gasteiger partial charge >= 0.3 is 0 Å². The van der Waals surface area contributed by atoms with Gasteiger partial charge in [0.1, 0.15) is 0 Å². The molecule has 2 heteroatoms. The fourth-order valence-electron chi connectivity index (χ4n) is 2.74. The molecule has 0 spiro atoms. The van der Waals surface area contributed by atoms with Crippen molar-refractivity contribution in [2.75, 3.05) is 0 Å². The van der Waals surface area contributed by atoms with Crippen LogP contribution < -0.4 is 5.32 Å². The first kappa shape index (κ1) is 15.2. The van der Waals surface area contributed by atoms with Crippen LogP contribution in [0.5, 0.6) is 0 Å². The van der Waals surface area contributed by atoms with Crippen LogP contribution in [0.4, 0.5) is 0 Å². The van der Waals surface area contributed by atoms with Gasteiger partial charge in [-0.3, -0.25) is 4.79 Å². The average Bonchev–Trinajstić information content (AvgIpc) is 2.11. The van der Waals surface area contributed by atoms with E-state index in [1.54, 1.807) is 6.92 Å². The van der Waals surface area contributed by atoms with E-state index in [0.29, 0.717) is 23.3 Å². The minimum Gasteiger partial charge on any atom is -0.346 e. The molecule has 0 rings (SSSR count). The average molecular weight is 225 g/mol. The number of carbonyl (C=O) groups is 1. The quantitative estimate of drug-likeness (QED) is 0.714. The lowest BCUT2D eigenvalue weighted by molar-refractivity contribution is -0.121. The highest BCUT2D eigenvalue weighted by molar-refractivity contribution is 5.92. The van der Waals surface area contributed by atoms with Gasteiger partial charge in [-0.2, -0.15) is 0 Å². The van der Waals surface area contributed by atoms with Crippen LogP contribution in [-0.4, -0.2) is 11.4 Å². The van der Waals surface area contributed by atoms with Crippen molar-refractivity contribution in [3.8, 4) is 0 Å². The molecule has 0 heterocycles. The minimum absolute atomic E-state index is 0.0314. The van der Waals surface area contributed by atoms with Crippen LogP contribution in [0, 0.1) is 17.8 Å². The lowest BCUT2D eigenvalue weighted by Gasteiger charge is -2.46. The first-order chi connectivity index (χ1) is 7.16. The Labute approximate surface area is 101 Å². The Morgan fingerprint density at radius 1 is 1.00 bits per heavy atom. The zero-order valence-corrected chi connectivity index (χ0v) is 11.8. The van der Waals surface area contributed by atoms with Gasteiger partial charge in [-0.1, -0.05) is 48.1 Å². The highest BCUT2D eigenvalue weighted by Gasteiger charge is 2.41. The third kappa shape index (κ3) is 2.87. The van der Waals surface area contributed by atoms with Crippen molar-refractivity contribution in [3.63, 3.8) is 0 Å². The Balaban J connectivity index is 5.21. The standard InChI is InChI=1S/C14H27NO/c1-9(2)13(16)15-14(10(3)4,11(5)6)12(7)8/h10-12H,1H2,2-8H3,(H,15,16). The Kier molecular flexibility index (Phi) is 5.24. The fraction of sp³-hybridized carbons (Fsp3) is 0.786. The van der Waals surface area contributed by atoms with Gasteiger partial charge in [0.05, 0.1) is 0 Å². The molecular weight excluding hydrogens is 198 g/mol. The van der Waals surface area contributed by atoms with Crippen LogP contribution in [0.2, 0.25) is 0 Å². The predicted octanol–water partition coefficient (Wildman–Crippen LogP) is 3.39. The summed E-state index contributed by atoms with van der Waals surface area (Å²) in [7, 11) is 0. The fourth-order valence-corrected chi connectivity index (χ4v) is 2.74. The van der Waals surface area contributed by atoms with Crippen molar-refractivity contribution < 1.29 is 4.79 Å². The summed E-state index contributed by atoms with van der Waals surface area (Å²) in [5, 5.41) is 3.19. The number of nitrogens with one attached hydrogen (secondary N) is 1. The Morgan fingerprint density at radius 2 is 1.31 bits per heavy atom. The summed E-state index contributed by atoms with van der Waals surface area (Å²) in [6, 6.07) is 0. The van der Waals surface area contributed by atoms with Crippen molar-refractivity contribution in [1.29, 1.82) is 0 Å². The number of hydrogen-bond donors (Lipinski definition) is 1. The molecule has 0 bridgehead atoms. The summed E-state index contributed by atoms with van der Waals surface area (Å²) in [5.74, 6) is 1.17. The maximum absolute atomic E-state index is 11.9. The number of carbonyl (C=O) groups excluding carboxylic acids is 1. The van der Waals surface area contributed by atoms with Gasteiger partial charge in [-0.05, 0) is 24.7 Å². The monoisotopic (exact) mass is 225 g/mol. The van der Waals surface area contributed by atoms with E-state index in [0.717, 1.165) is 0 Å². The SMILES string of the molecule is C=C(C)C(=O)NC(C(C)C)(C(C)C)C(C)C. The van der Waals surface area contributed by atoms with E-state index in [4.69, 9.17) is 0 Å². The van der Waals surface area contributed by atoms with Crippen LogP contribution in [0.1, 0.15) is 48.5 Å². The second-order valence-corrected chi connectivity index (χ2v) is 5.63. The van der Waals surface area contributed by atoms with Gasteiger partial charge in [-0.25, -0.2) is 0 Å². The summed E-state index contributed by atoms with van der Waals surface area (Å²) < 4.78 is 0. The molecule has 0 aliphatic heterocycles. The summed E-state index contributed by atoms with van der Waals surface area (Å²) in [4.78, 5) is 11.9. The van der Waals surface area contributed by atoms with Crippen LogP contribution in [0.25, 0.3) is 0 Å². The molecule has 0 fully saturated rings. The minimum atomic E-state index is -0.157. The molecule has 0 aliphatic rings. The van der Waals surface area contributed by atoms with E-state index in [2.05, 4.69) is 53.4 Å². The topological polar surface area (TPSA) is 29.1 Å². The lowest BCUT2D eigenvalue weighted by atomic mass is 9.69. The smallest absolute Gasteiger partial charge is 0.246 e. The Morgan fingerprint density at radius 3 is 1.50 bits per heavy atom. The largest absolute Gasteiger partial charge is 0.346 e. The van der Waals surface area contributed by atoms with E-state index >= 15 is 0 Å². The molecule has 0 atom stereocenters. The molecule has 0 unspecified atom stereocenters. The molecule has 0 aromatic carbocycles. The van der Waals surface area contributed by atoms with Gasteiger partial charge in [0, 0.05) is 11.1 Å². The zero-order chi connectivity index (χ0) is 13.1. The normalized spacial score (nSPS) is 12.4. The molecule has 0 radical (unpaired) electrons. The number of amides is 1. The highest BCUT2D eigenvalue weighted by atomic mass is 16.1. The zero-order valence-electron chi connectivity index (χ0n) is 11.8.